The molecule has 1 N–H and O–H groups in total. The number of carbonyl (C=O) groups excluding carboxylic acids is 1. The van der Waals surface area contributed by atoms with E-state index in [1.165, 1.54) is 0 Å². The highest BCUT2D eigenvalue weighted by Crippen LogP contribution is 2.16. The summed E-state index contributed by atoms with van der Waals surface area (Å²) < 4.78 is 1.79. The van der Waals surface area contributed by atoms with Gasteiger partial charge in [0, 0.05) is 43.8 Å². The normalized spacial score (nSPS) is 18.2. The second-order valence-corrected chi connectivity index (χ2v) is 6.10. The second kappa shape index (κ2) is 6.76. The van der Waals surface area contributed by atoms with Crippen molar-refractivity contribution in [3.05, 3.63) is 36.5 Å². The lowest BCUT2D eigenvalue weighted by atomic mass is 10.1. The first-order valence-electron chi connectivity index (χ1n) is 8.00. The average Bonchev–Trinajstić information content (AvgIpc) is 3.06. The minimum atomic E-state index is -0.115. The molecule has 2 aromatic heterocycles. The Hall–Kier alpha value is -2.44. The summed E-state index contributed by atoms with van der Waals surface area (Å²) in [6, 6.07) is 2.11. The van der Waals surface area contributed by atoms with Crippen LogP contribution in [0.15, 0.2) is 30.9 Å². The molecule has 3 rings (SSSR count). The summed E-state index contributed by atoms with van der Waals surface area (Å²) in [6.07, 6.45) is 8.93. The van der Waals surface area contributed by atoms with Crippen molar-refractivity contribution in [1.82, 2.24) is 25.1 Å². The lowest BCUT2D eigenvalue weighted by Crippen LogP contribution is -2.48. The smallest absolute Gasteiger partial charge is 0.272 e. The summed E-state index contributed by atoms with van der Waals surface area (Å²) in [5.74, 6) is 0.742. The molecule has 0 spiro atoms. The molecule has 3 heterocycles. The summed E-state index contributed by atoms with van der Waals surface area (Å²) >= 11 is 0. The fraction of sp³-hybridized carbons (Fsp3) is 0.500. The first-order chi connectivity index (χ1) is 11.1. The summed E-state index contributed by atoms with van der Waals surface area (Å²) in [4.78, 5) is 23.0. The number of nitrogens with zero attached hydrogens (tertiary/aromatic N) is 5. The molecule has 1 atom stereocenters. The van der Waals surface area contributed by atoms with Gasteiger partial charge in [-0.2, -0.15) is 5.10 Å². The molecule has 7 heteroatoms. The third kappa shape index (κ3) is 3.67. The highest BCUT2D eigenvalue weighted by atomic mass is 16.2. The fourth-order valence-electron chi connectivity index (χ4n) is 2.76. The van der Waals surface area contributed by atoms with E-state index >= 15 is 0 Å². The number of piperidine rings is 1. The maximum absolute atomic E-state index is 12.4. The van der Waals surface area contributed by atoms with Crippen LogP contribution in [0.25, 0.3) is 0 Å². The van der Waals surface area contributed by atoms with Gasteiger partial charge >= 0.3 is 0 Å². The summed E-state index contributed by atoms with van der Waals surface area (Å²) in [5, 5.41) is 7.40. The Morgan fingerprint density at radius 3 is 2.96 bits per heavy atom. The molecule has 23 heavy (non-hydrogen) atoms. The van der Waals surface area contributed by atoms with Gasteiger partial charge in [-0.1, -0.05) is 0 Å². The molecule has 0 radical (unpaired) electrons. The SMILES string of the molecule is CC(C)n1ccc(C(=O)N[C@@H]2CCCN(c3cnccn3)C2)n1. The molecule has 1 amide bonds. The van der Waals surface area contributed by atoms with Gasteiger partial charge in [-0.05, 0) is 32.8 Å². The van der Waals surface area contributed by atoms with Crippen LogP contribution in [0.3, 0.4) is 0 Å². The Bertz CT molecular complexity index is 654. The zero-order valence-corrected chi connectivity index (χ0v) is 13.5. The molecule has 1 fully saturated rings. The zero-order valence-electron chi connectivity index (χ0n) is 13.5. The van der Waals surface area contributed by atoms with Crippen molar-refractivity contribution < 1.29 is 4.79 Å². The van der Waals surface area contributed by atoms with Crippen LogP contribution in [0, 0.1) is 0 Å². The van der Waals surface area contributed by atoms with Crippen LogP contribution in [-0.4, -0.2) is 44.8 Å². The van der Waals surface area contributed by atoms with Gasteiger partial charge in [-0.15, -0.1) is 0 Å². The predicted molar refractivity (Wildman–Crippen MR) is 87.3 cm³/mol. The van der Waals surface area contributed by atoms with Crippen LogP contribution in [-0.2, 0) is 0 Å². The summed E-state index contributed by atoms with van der Waals surface area (Å²) in [6.45, 7) is 5.76. The predicted octanol–water partition coefficient (Wildman–Crippen LogP) is 1.65. The molecule has 0 aromatic carbocycles. The van der Waals surface area contributed by atoms with Gasteiger partial charge in [-0.3, -0.25) is 14.5 Å². The monoisotopic (exact) mass is 314 g/mol. The van der Waals surface area contributed by atoms with Crippen molar-refractivity contribution in [3.8, 4) is 0 Å². The molecule has 1 aliphatic heterocycles. The zero-order chi connectivity index (χ0) is 16.2. The van der Waals surface area contributed by atoms with Crippen LogP contribution in [0.1, 0.15) is 43.2 Å². The standard InChI is InChI=1S/C16H22N6O/c1-12(2)22-9-5-14(20-22)16(23)19-13-4-3-8-21(11-13)15-10-17-6-7-18-15/h5-7,9-10,12-13H,3-4,8,11H2,1-2H3,(H,19,23)/t13-/m1/s1. The first kappa shape index (κ1) is 15.5. The Morgan fingerprint density at radius 2 is 2.26 bits per heavy atom. The van der Waals surface area contributed by atoms with E-state index in [0.717, 1.165) is 31.7 Å². The summed E-state index contributed by atoms with van der Waals surface area (Å²) in [7, 11) is 0. The average molecular weight is 314 g/mol. The van der Waals surface area contributed by atoms with E-state index < -0.39 is 0 Å². The molecule has 1 aliphatic rings. The van der Waals surface area contributed by atoms with E-state index in [1.54, 1.807) is 29.3 Å². The topological polar surface area (TPSA) is 75.9 Å². The van der Waals surface area contributed by atoms with E-state index in [4.69, 9.17) is 0 Å². The molecule has 1 saturated heterocycles. The minimum Gasteiger partial charge on any atom is -0.353 e. The Morgan fingerprint density at radius 1 is 1.39 bits per heavy atom. The van der Waals surface area contributed by atoms with Gasteiger partial charge in [0.2, 0.25) is 0 Å². The third-order valence-corrected chi connectivity index (χ3v) is 4.00. The van der Waals surface area contributed by atoms with Gasteiger partial charge in [0.15, 0.2) is 0 Å². The van der Waals surface area contributed by atoms with Crippen molar-refractivity contribution in [2.24, 2.45) is 0 Å². The first-order valence-corrected chi connectivity index (χ1v) is 8.00. The highest BCUT2D eigenvalue weighted by Gasteiger charge is 2.23. The number of hydrogen-bond donors (Lipinski definition) is 1. The minimum absolute atomic E-state index is 0.0995. The number of carbonyl (C=O) groups is 1. The number of hydrogen-bond acceptors (Lipinski definition) is 5. The van der Waals surface area contributed by atoms with E-state index in [1.807, 2.05) is 20.0 Å². The molecule has 2 aromatic rings. The largest absolute Gasteiger partial charge is 0.353 e. The number of nitrogens with one attached hydrogen (secondary N) is 1. The Kier molecular flexibility index (Phi) is 4.55. The number of aromatic nitrogens is 4. The van der Waals surface area contributed by atoms with E-state index in [2.05, 4.69) is 25.3 Å². The van der Waals surface area contributed by atoms with Gasteiger partial charge in [0.1, 0.15) is 11.5 Å². The van der Waals surface area contributed by atoms with Crippen molar-refractivity contribution in [2.75, 3.05) is 18.0 Å². The van der Waals surface area contributed by atoms with Crippen LogP contribution in [0.5, 0.6) is 0 Å². The van der Waals surface area contributed by atoms with Crippen molar-refractivity contribution in [2.45, 2.75) is 38.8 Å². The summed E-state index contributed by atoms with van der Waals surface area (Å²) in [5.41, 5.74) is 0.468. The maximum Gasteiger partial charge on any atom is 0.272 e. The number of anilines is 1. The van der Waals surface area contributed by atoms with Gasteiger partial charge < -0.3 is 10.2 Å². The van der Waals surface area contributed by atoms with Gasteiger partial charge in [0.25, 0.3) is 5.91 Å². The van der Waals surface area contributed by atoms with Crippen LogP contribution in [0.2, 0.25) is 0 Å². The molecule has 0 aliphatic carbocycles. The molecule has 0 saturated carbocycles. The molecular formula is C16H22N6O. The molecule has 0 bridgehead atoms. The van der Waals surface area contributed by atoms with Gasteiger partial charge in [0.05, 0.1) is 6.20 Å². The van der Waals surface area contributed by atoms with Crippen LogP contribution < -0.4 is 10.2 Å². The molecular weight excluding hydrogens is 292 g/mol. The van der Waals surface area contributed by atoms with Crippen LogP contribution >= 0.6 is 0 Å². The fourth-order valence-corrected chi connectivity index (χ4v) is 2.76. The lowest BCUT2D eigenvalue weighted by molar-refractivity contribution is 0.0927. The van der Waals surface area contributed by atoms with Gasteiger partial charge in [-0.25, -0.2) is 4.98 Å². The van der Waals surface area contributed by atoms with Crippen molar-refractivity contribution in [3.63, 3.8) is 0 Å². The quantitative estimate of drug-likeness (QED) is 0.928. The van der Waals surface area contributed by atoms with E-state index in [-0.39, 0.29) is 18.0 Å². The highest BCUT2D eigenvalue weighted by molar-refractivity contribution is 5.92. The Labute approximate surface area is 135 Å². The Balaban J connectivity index is 1.62. The molecule has 0 unspecified atom stereocenters. The lowest BCUT2D eigenvalue weighted by Gasteiger charge is -2.33. The van der Waals surface area contributed by atoms with E-state index in [0.29, 0.717) is 5.69 Å². The van der Waals surface area contributed by atoms with E-state index in [9.17, 15) is 4.79 Å². The molecule has 122 valence electrons. The van der Waals surface area contributed by atoms with Crippen molar-refractivity contribution in [1.29, 1.82) is 0 Å². The molecule has 7 nitrogen and oxygen atoms in total. The van der Waals surface area contributed by atoms with Crippen molar-refractivity contribution >= 4 is 11.7 Å². The maximum atomic E-state index is 12.4. The third-order valence-electron chi connectivity index (χ3n) is 4.00. The second-order valence-electron chi connectivity index (χ2n) is 6.10. The number of amides is 1. The number of rotatable bonds is 4. The van der Waals surface area contributed by atoms with Crippen LogP contribution in [0.4, 0.5) is 5.82 Å².